The summed E-state index contributed by atoms with van der Waals surface area (Å²) in [4.78, 5) is 24.0. The Morgan fingerprint density at radius 1 is 1.79 bits per heavy atom. The summed E-state index contributed by atoms with van der Waals surface area (Å²) in [6, 6.07) is -0.515. The number of aliphatic hydroxyl groups is 1. The molecule has 1 saturated heterocycles. The van der Waals surface area contributed by atoms with Gasteiger partial charge in [-0.1, -0.05) is 6.92 Å². The molecule has 0 saturated carbocycles. The van der Waals surface area contributed by atoms with Crippen molar-refractivity contribution in [3.63, 3.8) is 0 Å². The largest absolute Gasteiger partial charge is 0.396 e. The average molecular weight is 200 g/mol. The van der Waals surface area contributed by atoms with E-state index in [0.29, 0.717) is 19.4 Å². The minimum atomic E-state index is -0.515. The van der Waals surface area contributed by atoms with E-state index in [1.165, 1.54) is 4.90 Å². The van der Waals surface area contributed by atoms with Gasteiger partial charge in [0, 0.05) is 25.5 Å². The van der Waals surface area contributed by atoms with Crippen LogP contribution in [0.1, 0.15) is 19.8 Å². The van der Waals surface area contributed by atoms with Crippen LogP contribution in [0.2, 0.25) is 0 Å². The number of likely N-dealkylation sites (tertiary alicyclic amines) is 1. The van der Waals surface area contributed by atoms with E-state index < -0.39 is 11.9 Å². The van der Waals surface area contributed by atoms with Gasteiger partial charge in [0.05, 0.1) is 0 Å². The Hall–Kier alpha value is -1.10. The third-order valence-electron chi connectivity index (χ3n) is 2.59. The van der Waals surface area contributed by atoms with E-state index in [9.17, 15) is 9.59 Å². The Balaban J connectivity index is 2.68. The molecule has 3 N–H and O–H groups in total. The van der Waals surface area contributed by atoms with E-state index in [-0.39, 0.29) is 18.4 Å². The van der Waals surface area contributed by atoms with Crippen LogP contribution in [0.15, 0.2) is 0 Å². The number of carbonyl (C=O) groups is 2. The van der Waals surface area contributed by atoms with Crippen LogP contribution < -0.4 is 5.73 Å². The molecular weight excluding hydrogens is 184 g/mol. The summed E-state index contributed by atoms with van der Waals surface area (Å²) in [5, 5.41) is 8.90. The maximum Gasteiger partial charge on any atom is 0.240 e. The quantitative estimate of drug-likeness (QED) is 0.616. The lowest BCUT2D eigenvalue weighted by molar-refractivity contribution is -0.136. The molecule has 1 rings (SSSR count). The van der Waals surface area contributed by atoms with Gasteiger partial charge in [0.25, 0.3) is 0 Å². The highest BCUT2D eigenvalue weighted by Gasteiger charge is 2.35. The Bertz CT molecular complexity index is 242. The Labute approximate surface area is 82.9 Å². The van der Waals surface area contributed by atoms with Crippen molar-refractivity contribution in [3.8, 4) is 0 Å². The fourth-order valence-electron chi connectivity index (χ4n) is 1.81. The molecule has 14 heavy (non-hydrogen) atoms. The molecule has 1 fully saturated rings. The first-order valence-corrected chi connectivity index (χ1v) is 4.79. The molecule has 0 aromatic heterocycles. The molecule has 0 aromatic rings. The molecule has 0 radical (unpaired) electrons. The smallest absolute Gasteiger partial charge is 0.240 e. The van der Waals surface area contributed by atoms with Crippen LogP contribution >= 0.6 is 0 Å². The number of aliphatic hydroxyl groups excluding tert-OH is 1. The highest BCUT2D eigenvalue weighted by Crippen LogP contribution is 2.20. The predicted octanol–water partition coefficient (Wildman–Crippen LogP) is -0.909. The zero-order valence-electron chi connectivity index (χ0n) is 8.27. The topological polar surface area (TPSA) is 83.6 Å². The van der Waals surface area contributed by atoms with Gasteiger partial charge < -0.3 is 15.7 Å². The highest BCUT2D eigenvalue weighted by atomic mass is 16.3. The Kier molecular flexibility index (Phi) is 3.46. The number of amides is 2. The maximum absolute atomic E-state index is 11.5. The fourth-order valence-corrected chi connectivity index (χ4v) is 1.81. The summed E-state index contributed by atoms with van der Waals surface area (Å²) in [5.41, 5.74) is 5.18. The summed E-state index contributed by atoms with van der Waals surface area (Å²) in [6.07, 6.45) is 0.847. The standard InChI is InChI=1S/C9H16N2O3/c1-2-7(9(10)14)11-4-6(5-12)3-8(11)13/h6-7,12H,2-5H2,1H3,(H2,10,14)/t6-,7-/m1/s1. The SMILES string of the molecule is CC[C@H](C(N)=O)N1C[C@H](CO)CC1=O. The van der Waals surface area contributed by atoms with Gasteiger partial charge >= 0.3 is 0 Å². The van der Waals surface area contributed by atoms with E-state index in [2.05, 4.69) is 0 Å². The number of hydrogen-bond donors (Lipinski definition) is 2. The molecule has 0 unspecified atom stereocenters. The van der Waals surface area contributed by atoms with Crippen LogP contribution in [-0.4, -0.2) is 41.0 Å². The lowest BCUT2D eigenvalue weighted by Crippen LogP contribution is -2.45. The van der Waals surface area contributed by atoms with Crippen molar-refractivity contribution in [1.82, 2.24) is 4.90 Å². The monoisotopic (exact) mass is 200 g/mol. The van der Waals surface area contributed by atoms with Crippen molar-refractivity contribution in [1.29, 1.82) is 0 Å². The number of nitrogens with zero attached hydrogens (tertiary/aromatic N) is 1. The molecular formula is C9H16N2O3. The van der Waals surface area contributed by atoms with E-state index in [0.717, 1.165) is 0 Å². The molecule has 0 aromatic carbocycles. The van der Waals surface area contributed by atoms with Crippen LogP contribution in [0.5, 0.6) is 0 Å². The van der Waals surface area contributed by atoms with Crippen molar-refractivity contribution in [2.24, 2.45) is 11.7 Å². The Morgan fingerprint density at radius 2 is 2.43 bits per heavy atom. The lowest BCUT2D eigenvalue weighted by atomic mass is 10.1. The van der Waals surface area contributed by atoms with Gasteiger partial charge in [-0.2, -0.15) is 0 Å². The van der Waals surface area contributed by atoms with Crippen LogP contribution in [-0.2, 0) is 9.59 Å². The van der Waals surface area contributed by atoms with Crippen LogP contribution in [0, 0.1) is 5.92 Å². The van der Waals surface area contributed by atoms with Gasteiger partial charge in [-0.3, -0.25) is 9.59 Å². The number of hydrogen-bond acceptors (Lipinski definition) is 3. The first-order valence-electron chi connectivity index (χ1n) is 4.79. The first kappa shape index (κ1) is 11.0. The minimum Gasteiger partial charge on any atom is -0.396 e. The van der Waals surface area contributed by atoms with Gasteiger partial charge in [-0.05, 0) is 6.42 Å². The van der Waals surface area contributed by atoms with Crippen LogP contribution in [0.25, 0.3) is 0 Å². The Morgan fingerprint density at radius 3 is 2.79 bits per heavy atom. The number of primary amides is 1. The molecule has 0 aliphatic carbocycles. The van der Waals surface area contributed by atoms with Crippen molar-refractivity contribution < 1.29 is 14.7 Å². The normalized spacial score (nSPS) is 24.0. The minimum absolute atomic E-state index is 0.0164. The maximum atomic E-state index is 11.5. The molecule has 2 atom stereocenters. The van der Waals surface area contributed by atoms with E-state index in [1.54, 1.807) is 0 Å². The van der Waals surface area contributed by atoms with Gasteiger partial charge in [-0.25, -0.2) is 0 Å². The van der Waals surface area contributed by atoms with Gasteiger partial charge in [0.1, 0.15) is 6.04 Å². The second kappa shape index (κ2) is 4.41. The summed E-state index contributed by atoms with van der Waals surface area (Å²) >= 11 is 0. The molecule has 5 heteroatoms. The zero-order chi connectivity index (χ0) is 10.7. The van der Waals surface area contributed by atoms with Crippen LogP contribution in [0.4, 0.5) is 0 Å². The second-order valence-electron chi connectivity index (χ2n) is 3.63. The van der Waals surface area contributed by atoms with E-state index in [4.69, 9.17) is 10.8 Å². The average Bonchev–Trinajstić information content (AvgIpc) is 2.48. The summed E-state index contributed by atoms with van der Waals surface area (Å²) < 4.78 is 0. The third kappa shape index (κ3) is 2.04. The molecule has 0 spiro atoms. The molecule has 1 heterocycles. The van der Waals surface area contributed by atoms with E-state index in [1.807, 2.05) is 6.92 Å². The number of nitrogens with two attached hydrogens (primary N) is 1. The van der Waals surface area contributed by atoms with Crippen molar-refractivity contribution >= 4 is 11.8 Å². The fraction of sp³-hybridized carbons (Fsp3) is 0.778. The third-order valence-corrected chi connectivity index (χ3v) is 2.59. The summed E-state index contributed by atoms with van der Waals surface area (Å²) in [6.45, 7) is 2.24. The second-order valence-corrected chi connectivity index (χ2v) is 3.63. The van der Waals surface area contributed by atoms with Crippen molar-refractivity contribution in [3.05, 3.63) is 0 Å². The zero-order valence-corrected chi connectivity index (χ0v) is 8.27. The molecule has 80 valence electrons. The molecule has 2 amide bonds. The van der Waals surface area contributed by atoms with Crippen LogP contribution in [0.3, 0.4) is 0 Å². The highest BCUT2D eigenvalue weighted by molar-refractivity contribution is 5.87. The van der Waals surface area contributed by atoms with Crippen molar-refractivity contribution in [2.45, 2.75) is 25.8 Å². The van der Waals surface area contributed by atoms with Gasteiger partial charge in [-0.15, -0.1) is 0 Å². The van der Waals surface area contributed by atoms with E-state index >= 15 is 0 Å². The summed E-state index contributed by atoms with van der Waals surface area (Å²) in [5.74, 6) is -0.606. The number of rotatable bonds is 4. The van der Waals surface area contributed by atoms with Crippen molar-refractivity contribution in [2.75, 3.05) is 13.2 Å². The number of carbonyl (C=O) groups excluding carboxylic acids is 2. The molecule has 1 aliphatic heterocycles. The molecule has 0 bridgehead atoms. The van der Waals surface area contributed by atoms with Gasteiger partial charge in [0.2, 0.25) is 11.8 Å². The summed E-state index contributed by atoms with van der Waals surface area (Å²) in [7, 11) is 0. The molecule has 1 aliphatic rings. The van der Waals surface area contributed by atoms with Gasteiger partial charge in [0.15, 0.2) is 0 Å². The molecule has 5 nitrogen and oxygen atoms in total. The predicted molar refractivity (Wildman–Crippen MR) is 50.2 cm³/mol. The first-order chi connectivity index (χ1) is 6.60. The lowest BCUT2D eigenvalue weighted by Gasteiger charge is -2.24.